The monoisotopic (exact) mass is 843 g/mol. The van der Waals surface area contributed by atoms with Gasteiger partial charge in [-0.15, -0.1) is 0 Å². The van der Waals surface area contributed by atoms with E-state index in [4.69, 9.17) is 13.9 Å². The number of hydrogen-bond acceptors (Lipinski definition) is 2. The minimum atomic E-state index is -1.11. The molecule has 0 aromatic carbocycles. The van der Waals surface area contributed by atoms with Gasteiger partial charge in [0.2, 0.25) is 0 Å². The zero-order valence-electron chi connectivity index (χ0n) is 29.3. The topological polar surface area (TPSA) is 48.8 Å². The fraction of sp³-hybridized carbons (Fsp3) is 0.880. The third kappa shape index (κ3) is 37.6. The predicted molar refractivity (Wildman–Crippen MR) is 188 cm³/mol. The van der Waals surface area contributed by atoms with E-state index in [9.17, 15) is 0 Å². The molecule has 1 aliphatic heterocycles. The molecular weight excluding hydrogens is 777 g/mol. The van der Waals surface area contributed by atoms with Gasteiger partial charge in [-0.2, -0.15) is 6.67 Å². The van der Waals surface area contributed by atoms with Gasteiger partial charge in [-0.1, -0.05) is 167 Å². The number of hydrogen-bond donors (Lipinski definition) is 0. The Morgan fingerprint density at radius 1 is 0.405 bits per heavy atom. The van der Waals surface area contributed by atoms with Crippen LogP contribution in [0.25, 0.3) is 13.9 Å². The van der Waals surface area contributed by atoms with Gasteiger partial charge < -0.3 is 23.7 Å². The van der Waals surface area contributed by atoms with Crippen LogP contribution in [0.4, 0.5) is 0 Å². The molecule has 0 saturated heterocycles. The quantitative estimate of drug-likeness (QED) is 0.198. The second-order valence-corrected chi connectivity index (χ2v) is 44.6. The van der Waals surface area contributed by atoms with Gasteiger partial charge in [0.05, 0.1) is 0 Å². The Hall–Kier alpha value is 1.57. The molecule has 0 aliphatic carbocycles. The van der Waals surface area contributed by atoms with Crippen LogP contribution >= 0.6 is 0 Å². The first-order valence-corrected chi connectivity index (χ1v) is 34.1. The number of rotatable bonds is 6. The molecule has 0 spiro atoms. The molecule has 220 valence electrons. The van der Waals surface area contributed by atoms with E-state index in [1.165, 1.54) is 11.4 Å². The van der Waals surface area contributed by atoms with Gasteiger partial charge in [-0.3, -0.25) is 0 Å². The average Bonchev–Trinajstić information content (AvgIpc) is 2.64. The molecular formula is C25H67N5Si6U. The van der Waals surface area contributed by atoms with Gasteiger partial charge in [-0.25, -0.2) is 0 Å². The van der Waals surface area contributed by atoms with E-state index in [1.54, 1.807) is 0 Å². The molecule has 0 unspecified atom stereocenters. The van der Waals surface area contributed by atoms with Crippen LogP contribution in [0.15, 0.2) is 11.4 Å². The van der Waals surface area contributed by atoms with Crippen molar-refractivity contribution in [1.82, 2.24) is 9.80 Å². The van der Waals surface area contributed by atoms with Crippen LogP contribution in [0.2, 0.25) is 118 Å². The van der Waals surface area contributed by atoms with Gasteiger partial charge >= 0.3 is 31.1 Å². The van der Waals surface area contributed by atoms with Gasteiger partial charge in [0.15, 0.2) is 0 Å². The molecule has 5 nitrogen and oxygen atoms in total. The summed E-state index contributed by atoms with van der Waals surface area (Å²) in [6.45, 7) is 47.7. The summed E-state index contributed by atoms with van der Waals surface area (Å²) >= 11 is 0. The summed E-state index contributed by atoms with van der Waals surface area (Å²) in [4.78, 5) is 4.24. The van der Waals surface area contributed by atoms with E-state index in [1.807, 2.05) is 0 Å². The minimum absolute atomic E-state index is 0. The summed E-state index contributed by atoms with van der Waals surface area (Å²) in [5, 5.41) is 0. The molecule has 1 heterocycles. The van der Waals surface area contributed by atoms with Crippen molar-refractivity contribution in [3.63, 3.8) is 0 Å². The Balaban J connectivity index is -0.000000194. The van der Waals surface area contributed by atoms with Gasteiger partial charge in [0, 0.05) is 0 Å². The van der Waals surface area contributed by atoms with Crippen LogP contribution in [0.1, 0.15) is 13.8 Å². The summed E-state index contributed by atoms with van der Waals surface area (Å²) in [5.41, 5.74) is 2.66. The standard InChI is InChI=1S/C7H13N2.3C6H18NSi2.U/c1-6-7(2)9(4)5-8(6)3;3*1-8(2,3)7-9(4,5)6;/h5H,1-4H3;3*1-6H3;/q4*-1;+4. The summed E-state index contributed by atoms with van der Waals surface area (Å²) < 4.78 is 14.5. The summed E-state index contributed by atoms with van der Waals surface area (Å²) in [6.07, 6.45) is 0. The van der Waals surface area contributed by atoms with Crippen molar-refractivity contribution in [2.75, 3.05) is 14.1 Å². The van der Waals surface area contributed by atoms with Crippen LogP contribution in [0.3, 0.4) is 0 Å². The first-order chi connectivity index (χ1) is 15.2. The predicted octanol–water partition coefficient (Wildman–Crippen LogP) is 10.3. The minimum Gasteiger partial charge on any atom is -0.668 e. The van der Waals surface area contributed by atoms with E-state index < -0.39 is 49.4 Å². The van der Waals surface area contributed by atoms with Gasteiger partial charge in [0.1, 0.15) is 0 Å². The smallest absolute Gasteiger partial charge is 0.668 e. The van der Waals surface area contributed by atoms with Crippen LogP contribution in [0, 0.1) is 37.8 Å². The molecule has 0 saturated carbocycles. The van der Waals surface area contributed by atoms with E-state index in [0.29, 0.717) is 0 Å². The molecule has 0 N–H and O–H groups in total. The molecule has 0 aromatic rings. The molecule has 0 atom stereocenters. The SMILES string of the molecule is CC1=C(C)N(C)[CH-]N1C.C[Si](C)(C)[N-][Si](C)(C)C.C[Si](C)(C)[N-][Si](C)(C)C.C[Si](C)(C)[N-][Si](C)(C)C.[U+4]. The second kappa shape index (κ2) is 17.5. The zero-order chi connectivity index (χ0) is 30.1. The Labute approximate surface area is 266 Å². The molecule has 0 fully saturated rings. The normalized spacial score (nSPS) is 15.1. The first-order valence-electron chi connectivity index (χ1n) is 13.4. The van der Waals surface area contributed by atoms with Crippen molar-refractivity contribution in [2.24, 2.45) is 0 Å². The van der Waals surface area contributed by atoms with Gasteiger partial charge in [0.25, 0.3) is 0 Å². The Morgan fingerprint density at radius 3 is 0.568 bits per heavy atom. The van der Waals surface area contributed by atoms with Crippen LogP contribution in [-0.2, 0) is 0 Å². The Morgan fingerprint density at radius 2 is 0.541 bits per heavy atom. The van der Waals surface area contributed by atoms with E-state index in [2.05, 4.69) is 162 Å². The maximum atomic E-state index is 4.82. The maximum absolute atomic E-state index is 4.82. The molecule has 0 bridgehead atoms. The summed E-state index contributed by atoms with van der Waals surface area (Å²) in [6, 6.07) is 0. The van der Waals surface area contributed by atoms with Crippen molar-refractivity contribution in [1.29, 1.82) is 0 Å². The Bertz CT molecular complexity index is 536. The fourth-order valence-corrected chi connectivity index (χ4v) is 28.1. The largest absolute Gasteiger partial charge is 4.00 e. The van der Waals surface area contributed by atoms with E-state index >= 15 is 0 Å². The summed E-state index contributed by atoms with van der Waals surface area (Å²) in [7, 11) is -2.52. The van der Waals surface area contributed by atoms with Crippen molar-refractivity contribution in [2.45, 2.75) is 132 Å². The fourth-order valence-electron chi connectivity index (χ4n) is 3.96. The van der Waals surface area contributed by atoms with E-state index in [0.717, 1.165) is 0 Å². The van der Waals surface area contributed by atoms with Crippen molar-refractivity contribution in [3.8, 4) is 0 Å². The molecule has 1 rings (SSSR count). The number of allylic oxidation sites excluding steroid dienone is 2. The molecule has 0 radical (unpaired) electrons. The molecule has 1 aliphatic rings. The maximum Gasteiger partial charge on any atom is 4.00 e. The third-order valence-electron chi connectivity index (χ3n) is 3.94. The molecule has 12 heteroatoms. The summed E-state index contributed by atoms with van der Waals surface area (Å²) in [5.74, 6) is 0. The number of nitrogens with zero attached hydrogens (tertiary/aromatic N) is 5. The van der Waals surface area contributed by atoms with Gasteiger partial charge in [-0.05, 0) is 39.3 Å². The zero-order valence-corrected chi connectivity index (χ0v) is 39.5. The van der Waals surface area contributed by atoms with Crippen LogP contribution in [-0.4, -0.2) is 73.3 Å². The molecule has 0 amide bonds. The van der Waals surface area contributed by atoms with Crippen molar-refractivity contribution >= 4 is 49.4 Å². The average molecular weight is 844 g/mol. The second-order valence-electron chi connectivity index (χ2n) is 15.9. The Kier molecular flexibility index (Phi) is 21.6. The molecule has 37 heavy (non-hydrogen) atoms. The molecule has 0 aromatic heterocycles. The van der Waals surface area contributed by atoms with Crippen LogP contribution < -0.4 is 0 Å². The van der Waals surface area contributed by atoms with Crippen molar-refractivity contribution in [3.05, 3.63) is 32.0 Å². The third-order valence-corrected chi connectivity index (χ3v) is 20.0. The van der Waals surface area contributed by atoms with Crippen LogP contribution in [0.5, 0.6) is 0 Å². The first kappa shape index (κ1) is 45.6. The van der Waals surface area contributed by atoms with E-state index in [-0.39, 0.29) is 31.1 Å². The van der Waals surface area contributed by atoms with Crippen molar-refractivity contribution < 1.29 is 31.1 Å².